The Morgan fingerprint density at radius 3 is 2.64 bits per heavy atom. The number of nitrogens with zero attached hydrogens (tertiary/aromatic N) is 3. The number of rotatable bonds is 9. The van der Waals surface area contributed by atoms with E-state index in [0.29, 0.717) is 16.5 Å². The summed E-state index contributed by atoms with van der Waals surface area (Å²) in [6, 6.07) is 8.21. The lowest BCUT2D eigenvalue weighted by atomic mass is 9.88. The first kappa shape index (κ1) is 27.2. The molecule has 0 spiro atoms. The van der Waals surface area contributed by atoms with Gasteiger partial charge in [-0.3, -0.25) is 4.79 Å². The number of hydrogen-bond donors (Lipinski definition) is 3. The van der Waals surface area contributed by atoms with E-state index >= 15 is 0 Å². The molecule has 3 rings (SSSR count). The average Bonchev–Trinajstić information content (AvgIpc) is 3.34. The first-order valence-electron chi connectivity index (χ1n) is 11.1. The summed E-state index contributed by atoms with van der Waals surface area (Å²) in [5.41, 5.74) is 8.49. The number of urea groups is 1. The van der Waals surface area contributed by atoms with Gasteiger partial charge in [-0.15, -0.1) is 15.7 Å². The second-order valence-electron chi connectivity index (χ2n) is 8.37. The topological polar surface area (TPSA) is 157 Å². The van der Waals surface area contributed by atoms with Crippen LogP contribution >= 0.6 is 11.3 Å². The van der Waals surface area contributed by atoms with Crippen molar-refractivity contribution in [2.24, 2.45) is 10.1 Å². The molecule has 0 aliphatic carbocycles. The summed E-state index contributed by atoms with van der Waals surface area (Å²) < 4.78 is 25.0. The summed E-state index contributed by atoms with van der Waals surface area (Å²) in [4.78, 5) is 33.2. The standard InChI is InChI=1S/C24H29N5O5S2/c1-14(2)17-6-5-7-18(16-8-9-26-21(10-16)34-4)19(17)11-20(31)28-36(33,29-24(25)32)22-12-27-23(35-22)15(3)13-30/h5-10,12,14-15,30H,11,13H2,1-4H3,(H3,25,28,29,31,32,33)/t15-,36?/m1/s1. The molecule has 3 amide bonds. The first-order valence-corrected chi connectivity index (χ1v) is 13.5. The number of nitrogens with two attached hydrogens (primary N) is 1. The van der Waals surface area contributed by atoms with Gasteiger partial charge >= 0.3 is 6.03 Å². The van der Waals surface area contributed by atoms with E-state index in [4.69, 9.17) is 10.5 Å². The minimum absolute atomic E-state index is 0.0705. The molecular formula is C24H29N5O5S2. The van der Waals surface area contributed by atoms with Crippen LogP contribution in [0.2, 0.25) is 0 Å². The Balaban J connectivity index is 2.08. The second-order valence-corrected chi connectivity index (χ2v) is 11.6. The molecule has 0 fully saturated rings. The Labute approximate surface area is 214 Å². The van der Waals surface area contributed by atoms with Gasteiger partial charge in [0.25, 0.3) is 5.91 Å². The monoisotopic (exact) mass is 531 g/mol. The predicted molar refractivity (Wildman–Crippen MR) is 138 cm³/mol. The van der Waals surface area contributed by atoms with E-state index in [-0.39, 0.29) is 29.1 Å². The van der Waals surface area contributed by atoms with Crippen LogP contribution in [0.1, 0.15) is 48.7 Å². The Bertz CT molecular complexity index is 1380. The Morgan fingerprint density at radius 1 is 1.25 bits per heavy atom. The lowest BCUT2D eigenvalue weighted by Gasteiger charge is -2.17. The zero-order chi connectivity index (χ0) is 26.5. The molecule has 10 nitrogen and oxygen atoms in total. The maximum Gasteiger partial charge on any atom is 0.324 e. The zero-order valence-electron chi connectivity index (χ0n) is 20.4. The predicted octanol–water partition coefficient (Wildman–Crippen LogP) is 3.61. The van der Waals surface area contributed by atoms with Gasteiger partial charge in [0.15, 0.2) is 9.92 Å². The third-order valence-electron chi connectivity index (χ3n) is 5.36. The summed E-state index contributed by atoms with van der Waals surface area (Å²) in [6.45, 7) is 5.60. The number of aromatic nitrogens is 2. The number of primary amides is 1. The Kier molecular flexibility index (Phi) is 8.77. The average molecular weight is 532 g/mol. The molecule has 0 bridgehead atoms. The SMILES string of the molecule is COc1cc(-c2cccc(C(C)C)c2CC(=O)N=S(=O)(NC(N)=O)c2cnc([C@H](C)CO)s2)ccn1. The van der Waals surface area contributed by atoms with Crippen molar-refractivity contribution < 1.29 is 23.6 Å². The molecule has 0 aliphatic heterocycles. The van der Waals surface area contributed by atoms with Crippen LogP contribution in [0, 0.1) is 0 Å². The minimum atomic E-state index is -3.73. The van der Waals surface area contributed by atoms with E-state index in [1.807, 2.05) is 38.1 Å². The molecule has 3 aromatic rings. The number of ether oxygens (including phenoxy) is 1. The van der Waals surface area contributed by atoms with Crippen molar-refractivity contribution >= 4 is 33.2 Å². The lowest BCUT2D eigenvalue weighted by molar-refractivity contribution is -0.117. The molecule has 12 heteroatoms. The van der Waals surface area contributed by atoms with Crippen LogP contribution in [-0.4, -0.2) is 44.9 Å². The Morgan fingerprint density at radius 2 is 2.00 bits per heavy atom. The largest absolute Gasteiger partial charge is 0.481 e. The number of thiazole rings is 1. The molecule has 1 unspecified atom stereocenters. The van der Waals surface area contributed by atoms with E-state index in [1.54, 1.807) is 19.2 Å². The van der Waals surface area contributed by atoms with Crippen molar-refractivity contribution in [3.05, 3.63) is 58.9 Å². The maximum absolute atomic E-state index is 13.7. The molecule has 2 heterocycles. The van der Waals surface area contributed by atoms with Crippen molar-refractivity contribution in [1.82, 2.24) is 14.7 Å². The smallest absolute Gasteiger partial charge is 0.324 e. The second kappa shape index (κ2) is 11.6. The molecule has 192 valence electrons. The van der Waals surface area contributed by atoms with Gasteiger partial charge < -0.3 is 15.6 Å². The van der Waals surface area contributed by atoms with E-state index in [0.717, 1.165) is 28.0 Å². The maximum atomic E-state index is 13.7. The highest BCUT2D eigenvalue weighted by atomic mass is 32.2. The molecular weight excluding hydrogens is 502 g/mol. The number of benzene rings is 1. The molecule has 0 saturated heterocycles. The molecule has 36 heavy (non-hydrogen) atoms. The quantitative estimate of drug-likeness (QED) is 0.381. The van der Waals surface area contributed by atoms with Gasteiger partial charge in [0.1, 0.15) is 4.21 Å². The van der Waals surface area contributed by atoms with Crippen molar-refractivity contribution in [1.29, 1.82) is 0 Å². The van der Waals surface area contributed by atoms with E-state index in [2.05, 4.69) is 19.1 Å². The fourth-order valence-electron chi connectivity index (χ4n) is 3.59. The van der Waals surface area contributed by atoms with Gasteiger partial charge in [-0.2, -0.15) is 0 Å². The highest BCUT2D eigenvalue weighted by Gasteiger charge is 2.23. The third kappa shape index (κ3) is 6.25. The molecule has 0 radical (unpaired) electrons. The summed E-state index contributed by atoms with van der Waals surface area (Å²) in [7, 11) is -2.21. The van der Waals surface area contributed by atoms with Crippen molar-refractivity contribution in [3.8, 4) is 17.0 Å². The van der Waals surface area contributed by atoms with E-state index in [1.165, 1.54) is 13.3 Å². The fraction of sp³-hybridized carbons (Fsp3) is 0.333. The third-order valence-corrected chi connectivity index (χ3v) is 8.90. The van der Waals surface area contributed by atoms with E-state index < -0.39 is 21.9 Å². The first-order chi connectivity index (χ1) is 17.1. The van der Waals surface area contributed by atoms with Crippen LogP contribution in [0.4, 0.5) is 4.79 Å². The van der Waals surface area contributed by atoms with Crippen LogP contribution < -0.4 is 15.2 Å². The number of carbonyl (C=O) groups is 2. The number of carbonyl (C=O) groups excluding carboxylic acids is 2. The molecule has 4 N–H and O–H groups in total. The highest BCUT2D eigenvalue weighted by molar-refractivity contribution is 7.94. The number of hydrogen-bond acceptors (Lipinski definition) is 8. The van der Waals surface area contributed by atoms with Crippen LogP contribution in [-0.2, 0) is 21.1 Å². The van der Waals surface area contributed by atoms with Gasteiger partial charge in [-0.25, -0.2) is 23.7 Å². The van der Waals surface area contributed by atoms with Crippen LogP contribution in [0.15, 0.2) is 51.3 Å². The number of amides is 3. The van der Waals surface area contributed by atoms with Crippen molar-refractivity contribution in [2.75, 3.05) is 13.7 Å². The van der Waals surface area contributed by atoms with E-state index in [9.17, 15) is 18.9 Å². The zero-order valence-corrected chi connectivity index (χ0v) is 22.1. The summed E-state index contributed by atoms with van der Waals surface area (Å²) in [5, 5.41) is 9.89. The van der Waals surface area contributed by atoms with Gasteiger partial charge in [0, 0.05) is 18.2 Å². The lowest BCUT2D eigenvalue weighted by Crippen LogP contribution is -2.35. The van der Waals surface area contributed by atoms with Gasteiger partial charge in [0.05, 0.1) is 31.3 Å². The summed E-state index contributed by atoms with van der Waals surface area (Å²) >= 11 is 0.991. The minimum Gasteiger partial charge on any atom is -0.481 e. The van der Waals surface area contributed by atoms with Gasteiger partial charge in [0.2, 0.25) is 5.88 Å². The number of methoxy groups -OCH3 is 1. The van der Waals surface area contributed by atoms with Gasteiger partial charge in [-0.05, 0) is 34.2 Å². The van der Waals surface area contributed by atoms with Crippen LogP contribution in [0.5, 0.6) is 5.88 Å². The number of aliphatic hydroxyl groups excluding tert-OH is 1. The molecule has 2 aromatic heterocycles. The highest BCUT2D eigenvalue weighted by Crippen LogP contribution is 2.32. The normalized spacial score (nSPS) is 13.6. The number of nitrogens with one attached hydrogen (secondary N) is 1. The summed E-state index contributed by atoms with van der Waals surface area (Å²) in [5.74, 6) is -0.492. The summed E-state index contributed by atoms with van der Waals surface area (Å²) in [6.07, 6.45) is 2.73. The van der Waals surface area contributed by atoms with Crippen molar-refractivity contribution in [3.63, 3.8) is 0 Å². The molecule has 0 aliphatic rings. The molecule has 0 saturated carbocycles. The molecule has 1 aromatic carbocycles. The van der Waals surface area contributed by atoms with Crippen LogP contribution in [0.25, 0.3) is 11.1 Å². The van der Waals surface area contributed by atoms with Gasteiger partial charge in [-0.1, -0.05) is 39.0 Å². The number of pyridine rings is 1. The Hall–Kier alpha value is -3.35. The van der Waals surface area contributed by atoms with Crippen LogP contribution in [0.3, 0.4) is 0 Å². The fourth-order valence-corrected chi connectivity index (χ4v) is 6.28. The molecule has 2 atom stereocenters. The number of aliphatic hydroxyl groups is 1. The van der Waals surface area contributed by atoms with Crippen molar-refractivity contribution in [2.45, 2.75) is 43.2 Å².